The Hall–Kier alpha value is -0.0400. The van der Waals surface area contributed by atoms with Gasteiger partial charge < -0.3 is 5.32 Å². The molecule has 0 saturated heterocycles. The number of fused-ring (bicyclic) bond motifs is 1. The second-order valence-electron chi connectivity index (χ2n) is 6.07. The summed E-state index contributed by atoms with van der Waals surface area (Å²) in [5.74, 6) is 2.28. The van der Waals surface area contributed by atoms with Gasteiger partial charge in [-0.2, -0.15) is 0 Å². The topological polar surface area (TPSA) is 12.0 Å². The minimum absolute atomic E-state index is 0.727. The molecule has 80 valence electrons. The maximum absolute atomic E-state index is 3.77. The predicted octanol–water partition coefficient (Wildman–Crippen LogP) is 2.95. The largest absolute Gasteiger partial charge is 0.313 e. The van der Waals surface area contributed by atoms with Crippen molar-refractivity contribution in [3.63, 3.8) is 0 Å². The van der Waals surface area contributed by atoms with Crippen molar-refractivity contribution >= 4 is 0 Å². The van der Waals surface area contributed by atoms with Gasteiger partial charge in [0.25, 0.3) is 0 Å². The lowest BCUT2D eigenvalue weighted by Crippen LogP contribution is -2.34. The predicted molar refractivity (Wildman–Crippen MR) is 59.2 cm³/mol. The molecule has 0 radical (unpaired) electrons. The van der Waals surface area contributed by atoms with Crippen LogP contribution in [0.25, 0.3) is 0 Å². The van der Waals surface area contributed by atoms with E-state index in [0.29, 0.717) is 0 Å². The van der Waals surface area contributed by atoms with Crippen LogP contribution in [0.15, 0.2) is 0 Å². The second kappa shape index (κ2) is 3.23. The molecule has 0 heterocycles. The van der Waals surface area contributed by atoms with Crippen LogP contribution in [0, 0.1) is 17.3 Å². The normalized spacial score (nSPS) is 45.2. The fourth-order valence-corrected chi connectivity index (χ4v) is 3.62. The summed E-state index contributed by atoms with van der Waals surface area (Å²) in [4.78, 5) is 0. The fourth-order valence-electron chi connectivity index (χ4n) is 3.62. The van der Waals surface area contributed by atoms with Crippen LogP contribution < -0.4 is 5.32 Å². The van der Waals surface area contributed by atoms with Crippen LogP contribution in [0.1, 0.15) is 51.9 Å². The molecule has 14 heavy (non-hydrogen) atoms. The van der Waals surface area contributed by atoms with Crippen LogP contribution in [-0.2, 0) is 0 Å². The summed E-state index contributed by atoms with van der Waals surface area (Å²) < 4.78 is 0. The van der Waals surface area contributed by atoms with E-state index in [0.717, 1.165) is 23.3 Å². The lowest BCUT2D eigenvalue weighted by molar-refractivity contribution is 0.227. The highest BCUT2D eigenvalue weighted by molar-refractivity contribution is 5.04. The molecule has 0 aromatic rings. The van der Waals surface area contributed by atoms with Crippen molar-refractivity contribution in [1.82, 2.24) is 5.32 Å². The number of hydrogen-bond acceptors (Lipinski definition) is 1. The molecule has 0 amide bonds. The third-order valence-corrected chi connectivity index (χ3v) is 4.58. The summed E-state index contributed by atoms with van der Waals surface area (Å²) in [6.07, 6.45) is 10.4. The molecule has 1 nitrogen and oxygen atoms in total. The van der Waals surface area contributed by atoms with Crippen LogP contribution in [-0.4, -0.2) is 12.6 Å². The van der Waals surface area contributed by atoms with E-state index in [1.54, 1.807) is 19.3 Å². The summed E-state index contributed by atoms with van der Waals surface area (Å²) >= 11 is 0. The van der Waals surface area contributed by atoms with E-state index in [-0.39, 0.29) is 0 Å². The van der Waals surface area contributed by atoms with E-state index in [1.807, 2.05) is 0 Å². The van der Waals surface area contributed by atoms with Crippen LogP contribution in [0.2, 0.25) is 0 Å². The van der Waals surface area contributed by atoms with Crippen LogP contribution in [0.4, 0.5) is 0 Å². The molecule has 3 saturated carbocycles. The first-order valence-corrected chi connectivity index (χ1v) is 6.55. The molecule has 0 bridgehead atoms. The quantitative estimate of drug-likeness (QED) is 0.708. The van der Waals surface area contributed by atoms with Gasteiger partial charge in [-0.1, -0.05) is 13.3 Å². The molecule has 0 aliphatic heterocycles. The Morgan fingerprint density at radius 2 is 1.93 bits per heavy atom. The molecule has 0 spiro atoms. The lowest BCUT2D eigenvalue weighted by Gasteiger charge is -2.31. The average Bonchev–Trinajstić information content (AvgIpc) is 3.05. The van der Waals surface area contributed by atoms with Gasteiger partial charge in [0, 0.05) is 12.6 Å². The van der Waals surface area contributed by atoms with E-state index < -0.39 is 0 Å². The molecular formula is C13H23N. The van der Waals surface area contributed by atoms with Gasteiger partial charge in [0.15, 0.2) is 0 Å². The minimum atomic E-state index is 0.727. The van der Waals surface area contributed by atoms with E-state index in [2.05, 4.69) is 12.2 Å². The van der Waals surface area contributed by atoms with Crippen molar-refractivity contribution in [2.45, 2.75) is 57.9 Å². The third kappa shape index (κ3) is 1.71. The Bertz CT molecular complexity index is 209. The number of nitrogens with one attached hydrogen (secondary N) is 1. The summed E-state index contributed by atoms with van der Waals surface area (Å²) in [6.45, 7) is 3.68. The maximum atomic E-state index is 3.77. The molecule has 1 N–H and O–H groups in total. The first kappa shape index (κ1) is 9.21. The Kier molecular flexibility index (Phi) is 2.12. The molecule has 2 atom stereocenters. The number of rotatable bonds is 5. The van der Waals surface area contributed by atoms with Gasteiger partial charge in [0.2, 0.25) is 0 Å². The van der Waals surface area contributed by atoms with E-state index >= 15 is 0 Å². The molecule has 3 fully saturated rings. The van der Waals surface area contributed by atoms with Gasteiger partial charge in [-0.05, 0) is 55.8 Å². The van der Waals surface area contributed by atoms with Crippen LogP contribution >= 0.6 is 0 Å². The second-order valence-corrected chi connectivity index (χ2v) is 6.07. The zero-order chi connectivity index (χ0) is 9.60. The summed E-state index contributed by atoms with van der Waals surface area (Å²) in [5.41, 5.74) is 0.727. The lowest BCUT2D eigenvalue weighted by atomic mass is 9.79. The standard InChI is InChI=1S/C13H23N/c1-2-5-13(9-14-12-3-4-12)7-10-6-11(10)8-13/h10-12,14H,2-9H2,1H3. The Labute approximate surface area is 87.7 Å². The van der Waals surface area contributed by atoms with E-state index in [1.165, 1.54) is 32.2 Å². The van der Waals surface area contributed by atoms with Gasteiger partial charge in [-0.3, -0.25) is 0 Å². The average molecular weight is 193 g/mol. The zero-order valence-electron chi connectivity index (χ0n) is 9.39. The van der Waals surface area contributed by atoms with Crippen molar-refractivity contribution in [3.8, 4) is 0 Å². The molecule has 3 rings (SSSR count). The van der Waals surface area contributed by atoms with Gasteiger partial charge in [-0.15, -0.1) is 0 Å². The molecule has 0 aromatic carbocycles. The number of hydrogen-bond donors (Lipinski definition) is 1. The highest BCUT2D eigenvalue weighted by atomic mass is 15.0. The molecule has 3 aliphatic carbocycles. The van der Waals surface area contributed by atoms with Gasteiger partial charge in [-0.25, -0.2) is 0 Å². The summed E-state index contributed by atoms with van der Waals surface area (Å²) in [6, 6.07) is 0.903. The first-order valence-electron chi connectivity index (χ1n) is 6.55. The van der Waals surface area contributed by atoms with Crippen molar-refractivity contribution in [3.05, 3.63) is 0 Å². The van der Waals surface area contributed by atoms with Crippen molar-refractivity contribution < 1.29 is 0 Å². The van der Waals surface area contributed by atoms with E-state index in [4.69, 9.17) is 0 Å². The molecule has 1 heteroatoms. The Morgan fingerprint density at radius 3 is 2.50 bits per heavy atom. The summed E-state index contributed by atoms with van der Waals surface area (Å²) in [5, 5.41) is 3.77. The van der Waals surface area contributed by atoms with Crippen LogP contribution in [0.3, 0.4) is 0 Å². The minimum Gasteiger partial charge on any atom is -0.313 e. The molecular weight excluding hydrogens is 170 g/mol. The third-order valence-electron chi connectivity index (χ3n) is 4.58. The monoisotopic (exact) mass is 193 g/mol. The zero-order valence-corrected chi connectivity index (χ0v) is 9.39. The Balaban J connectivity index is 1.56. The smallest absolute Gasteiger partial charge is 0.00684 e. The fraction of sp³-hybridized carbons (Fsp3) is 1.00. The highest BCUT2D eigenvalue weighted by Gasteiger charge is 2.53. The van der Waals surface area contributed by atoms with Crippen LogP contribution in [0.5, 0.6) is 0 Å². The maximum Gasteiger partial charge on any atom is 0.00684 e. The van der Waals surface area contributed by atoms with Crippen molar-refractivity contribution in [2.75, 3.05) is 6.54 Å². The molecule has 2 unspecified atom stereocenters. The van der Waals surface area contributed by atoms with Gasteiger partial charge in [0.1, 0.15) is 0 Å². The molecule has 0 aromatic heterocycles. The first-order chi connectivity index (χ1) is 6.81. The highest BCUT2D eigenvalue weighted by Crippen LogP contribution is 2.61. The van der Waals surface area contributed by atoms with E-state index in [9.17, 15) is 0 Å². The van der Waals surface area contributed by atoms with Gasteiger partial charge >= 0.3 is 0 Å². The van der Waals surface area contributed by atoms with Gasteiger partial charge in [0.05, 0.1) is 0 Å². The van der Waals surface area contributed by atoms with Crippen molar-refractivity contribution in [2.24, 2.45) is 17.3 Å². The SMILES string of the molecule is CCCC1(CNC2CC2)CC2CC2C1. The van der Waals surface area contributed by atoms with Crippen molar-refractivity contribution in [1.29, 1.82) is 0 Å². The summed E-state index contributed by atoms with van der Waals surface area (Å²) in [7, 11) is 0. The molecule has 3 aliphatic rings. The Morgan fingerprint density at radius 1 is 1.21 bits per heavy atom.